The molecule has 0 aliphatic rings. The van der Waals surface area contributed by atoms with Crippen LogP contribution in [-0.2, 0) is 0 Å². The second-order valence-corrected chi connectivity index (χ2v) is 7.60. The Hall–Kier alpha value is -1.06. The van der Waals surface area contributed by atoms with Crippen LogP contribution in [0.2, 0.25) is 0 Å². The quantitative estimate of drug-likeness (QED) is 0.415. The van der Waals surface area contributed by atoms with E-state index < -0.39 is 0 Å². The average molecular weight is 350 g/mol. The molecule has 2 aromatic carbocycles. The third-order valence-electron chi connectivity index (χ3n) is 4.46. The van der Waals surface area contributed by atoms with Crippen LogP contribution in [0.25, 0.3) is 0 Å². The Labute approximate surface area is 165 Å². The number of unbranched alkanes of at least 4 members (excludes halogenated alkanes) is 1. The summed E-state index contributed by atoms with van der Waals surface area (Å²) in [5.74, 6) is 0.878. The van der Waals surface area contributed by atoms with E-state index in [0.29, 0.717) is 0 Å². The molecule has 0 aliphatic carbocycles. The third kappa shape index (κ3) is 5.72. The number of ether oxygens (including phenoxy) is 1. The van der Waals surface area contributed by atoms with Gasteiger partial charge < -0.3 is 4.74 Å². The molecule has 25 heavy (non-hydrogen) atoms. The van der Waals surface area contributed by atoms with Crippen molar-refractivity contribution >= 4 is 38.3 Å². The van der Waals surface area contributed by atoms with Gasteiger partial charge in [0.1, 0.15) is 5.75 Å². The van der Waals surface area contributed by atoms with Gasteiger partial charge in [0.25, 0.3) is 0 Å². The zero-order chi connectivity index (χ0) is 17.7. The normalized spacial score (nSPS) is 10.8. The van der Waals surface area contributed by atoms with Gasteiger partial charge >= 0.3 is 18.9 Å². The van der Waals surface area contributed by atoms with Crippen molar-refractivity contribution in [3.05, 3.63) is 58.1 Å². The molecule has 1 atom stereocenters. The van der Waals surface area contributed by atoms with E-state index in [1.807, 2.05) is 31.2 Å². The van der Waals surface area contributed by atoms with E-state index in [9.17, 15) is 4.79 Å². The summed E-state index contributed by atoms with van der Waals surface area (Å²) < 4.78 is 5.68. The van der Waals surface area contributed by atoms with Crippen molar-refractivity contribution in [2.24, 2.45) is 0 Å². The molecule has 2 aromatic rings. The van der Waals surface area contributed by atoms with Crippen molar-refractivity contribution in [1.82, 2.24) is 0 Å². The van der Waals surface area contributed by atoms with Gasteiger partial charge in [0.2, 0.25) is 0 Å². The molecule has 2 nitrogen and oxygen atoms in total. The summed E-state index contributed by atoms with van der Waals surface area (Å²) in [5.41, 5.74) is 5.76. The molecule has 0 aliphatic heterocycles. The number of benzene rings is 2. The number of carbonyl (C=O) groups is 1. The van der Waals surface area contributed by atoms with Crippen molar-refractivity contribution in [1.29, 1.82) is 0 Å². The zero-order valence-corrected chi connectivity index (χ0v) is 16.3. The first-order valence-corrected chi connectivity index (χ1v) is 9.55. The average Bonchev–Trinajstić information content (AvgIpc) is 2.54. The van der Waals surface area contributed by atoms with Gasteiger partial charge in [-0.15, -0.1) is 0 Å². The third-order valence-corrected chi connectivity index (χ3v) is 5.56. The monoisotopic (exact) mass is 350 g/mol. The SMILES string of the molecule is CCCCOc1ccc(PC(=O)c2c(C)cc(C)c(C)c2C)cc1.[LiH]. The maximum atomic E-state index is 12.8. The standard InChI is InChI=1S/C21H27O2P.Li.H/c1-6-7-12-23-18-8-10-19(11-9-18)24-21(22)20-15(3)13-14(2)16(4)17(20)5;;/h8-11,13,24H,6-7,12H2,1-5H3;;. The van der Waals surface area contributed by atoms with E-state index in [1.54, 1.807) is 0 Å². The molecule has 0 amide bonds. The molecule has 0 spiro atoms. The Balaban J connectivity index is 0.00000312. The Morgan fingerprint density at radius 1 is 1.00 bits per heavy atom. The Kier molecular flexibility index (Phi) is 8.95. The molecule has 0 aromatic heterocycles. The van der Waals surface area contributed by atoms with Crippen LogP contribution in [-0.4, -0.2) is 31.0 Å². The summed E-state index contributed by atoms with van der Waals surface area (Å²) in [6, 6.07) is 10.0. The fourth-order valence-corrected chi connectivity index (χ4v) is 3.90. The molecule has 0 heterocycles. The summed E-state index contributed by atoms with van der Waals surface area (Å²) >= 11 is 0. The van der Waals surface area contributed by atoms with Crippen molar-refractivity contribution in [3.8, 4) is 5.75 Å². The first-order valence-electron chi connectivity index (χ1n) is 8.55. The number of rotatable bonds is 7. The second kappa shape index (κ2) is 10.2. The Bertz CT molecular complexity index is 724. The van der Waals surface area contributed by atoms with Crippen LogP contribution >= 0.6 is 8.58 Å². The molecule has 2 rings (SSSR count). The van der Waals surface area contributed by atoms with Gasteiger partial charge in [-0.1, -0.05) is 31.5 Å². The fraction of sp³-hybridized carbons (Fsp3) is 0.381. The molecule has 0 N–H and O–H groups in total. The van der Waals surface area contributed by atoms with Gasteiger partial charge in [0.05, 0.1) is 6.61 Å². The molecule has 0 saturated carbocycles. The number of hydrogen-bond acceptors (Lipinski definition) is 2. The predicted octanol–water partition coefficient (Wildman–Crippen LogP) is 4.59. The van der Waals surface area contributed by atoms with E-state index in [2.05, 4.69) is 33.8 Å². The number of hydrogen-bond donors (Lipinski definition) is 0. The van der Waals surface area contributed by atoms with Crippen LogP contribution in [0, 0.1) is 27.7 Å². The van der Waals surface area contributed by atoms with Crippen molar-refractivity contribution in [2.45, 2.75) is 47.5 Å². The van der Waals surface area contributed by atoms with Gasteiger partial charge in [0.15, 0.2) is 5.52 Å². The number of carbonyl (C=O) groups excluding carboxylic acids is 1. The van der Waals surface area contributed by atoms with E-state index in [1.165, 1.54) is 11.1 Å². The van der Waals surface area contributed by atoms with Crippen LogP contribution < -0.4 is 10.0 Å². The zero-order valence-electron chi connectivity index (χ0n) is 15.3. The summed E-state index contributed by atoms with van der Waals surface area (Å²) in [6.45, 7) is 11.2. The summed E-state index contributed by atoms with van der Waals surface area (Å²) in [4.78, 5) is 12.8. The first-order chi connectivity index (χ1) is 11.4. The molecule has 4 heteroatoms. The van der Waals surface area contributed by atoms with Crippen molar-refractivity contribution in [2.75, 3.05) is 6.61 Å². The van der Waals surface area contributed by atoms with Crippen LogP contribution in [0.3, 0.4) is 0 Å². The summed E-state index contributed by atoms with van der Waals surface area (Å²) in [5, 5.41) is 1.06. The molecular formula is C21H28LiO2P. The molecular weight excluding hydrogens is 322 g/mol. The minimum atomic E-state index is 0. The van der Waals surface area contributed by atoms with Gasteiger partial charge in [-0.05, 0) is 82.4 Å². The molecule has 0 fully saturated rings. The van der Waals surface area contributed by atoms with Gasteiger partial charge in [0, 0.05) is 5.56 Å². The topological polar surface area (TPSA) is 26.3 Å². The van der Waals surface area contributed by atoms with Crippen molar-refractivity contribution in [3.63, 3.8) is 0 Å². The minimum absolute atomic E-state index is 0. The number of aryl methyl sites for hydroxylation is 2. The second-order valence-electron chi connectivity index (χ2n) is 6.32. The van der Waals surface area contributed by atoms with Crippen LogP contribution in [0.4, 0.5) is 0 Å². The molecule has 0 radical (unpaired) electrons. The maximum absolute atomic E-state index is 12.8. The van der Waals surface area contributed by atoms with E-state index in [0.717, 1.165) is 47.2 Å². The van der Waals surface area contributed by atoms with Crippen molar-refractivity contribution < 1.29 is 9.53 Å². The molecule has 130 valence electrons. The van der Waals surface area contributed by atoms with E-state index in [-0.39, 0.29) is 33.0 Å². The summed E-state index contributed by atoms with van der Waals surface area (Å²) in [6.07, 6.45) is 2.19. The summed E-state index contributed by atoms with van der Waals surface area (Å²) in [7, 11) is 0.146. The Morgan fingerprint density at radius 3 is 2.24 bits per heavy atom. The Morgan fingerprint density at radius 2 is 1.64 bits per heavy atom. The fourth-order valence-electron chi connectivity index (χ4n) is 2.80. The first kappa shape index (κ1) is 22.0. The predicted molar refractivity (Wildman–Crippen MR) is 112 cm³/mol. The van der Waals surface area contributed by atoms with Gasteiger partial charge in [-0.3, -0.25) is 4.79 Å². The van der Waals surface area contributed by atoms with Crippen LogP contribution in [0.5, 0.6) is 5.75 Å². The van der Waals surface area contributed by atoms with Crippen LogP contribution in [0.15, 0.2) is 30.3 Å². The molecule has 0 saturated heterocycles. The van der Waals surface area contributed by atoms with E-state index in [4.69, 9.17) is 4.74 Å². The van der Waals surface area contributed by atoms with Gasteiger partial charge in [-0.25, -0.2) is 0 Å². The van der Waals surface area contributed by atoms with Gasteiger partial charge in [-0.2, -0.15) is 0 Å². The van der Waals surface area contributed by atoms with Crippen LogP contribution in [0.1, 0.15) is 52.4 Å². The molecule has 1 unspecified atom stereocenters. The molecule has 0 bridgehead atoms. The van der Waals surface area contributed by atoms with E-state index >= 15 is 0 Å².